The van der Waals surface area contributed by atoms with E-state index < -0.39 is 5.97 Å². The fraction of sp³-hybridized carbons (Fsp3) is 0.167. The fourth-order valence-electron chi connectivity index (χ4n) is 3.09. The first-order valence-electron chi connectivity index (χ1n) is 9.37. The highest BCUT2D eigenvalue weighted by Crippen LogP contribution is 2.22. The van der Waals surface area contributed by atoms with E-state index in [9.17, 15) is 9.59 Å². The number of hydrogen-bond acceptors (Lipinski definition) is 3. The number of rotatable bonds is 7. The number of carbonyl (C=O) groups excluding carboxylic acids is 2. The van der Waals surface area contributed by atoms with Crippen LogP contribution in [0.4, 0.5) is 0 Å². The molecule has 5 heteroatoms. The average Bonchev–Trinajstić information content (AvgIpc) is 2.73. The zero-order valence-corrected chi connectivity index (χ0v) is 16.9. The molecule has 0 saturated carbocycles. The molecule has 4 nitrogen and oxygen atoms in total. The van der Waals surface area contributed by atoms with Crippen molar-refractivity contribution in [2.75, 3.05) is 6.61 Å². The Kier molecular flexibility index (Phi) is 7.04. The third-order valence-corrected chi connectivity index (χ3v) is 4.90. The number of amides is 1. The van der Waals surface area contributed by atoms with E-state index >= 15 is 0 Å². The van der Waals surface area contributed by atoms with Gasteiger partial charge in [-0.3, -0.25) is 4.79 Å². The summed E-state index contributed by atoms with van der Waals surface area (Å²) in [5.41, 5.74) is 3.22. The molecular formula is C24H22ClNO3. The molecule has 1 amide bonds. The zero-order valence-electron chi connectivity index (χ0n) is 16.1. The van der Waals surface area contributed by atoms with Gasteiger partial charge in [0, 0.05) is 5.02 Å². The summed E-state index contributed by atoms with van der Waals surface area (Å²) in [5.74, 6) is -0.900. The quantitative estimate of drug-likeness (QED) is 0.563. The third-order valence-electron chi connectivity index (χ3n) is 4.56. The highest BCUT2D eigenvalue weighted by Gasteiger charge is 2.16. The summed E-state index contributed by atoms with van der Waals surface area (Å²) in [6.07, 6.45) is 0.613. The molecule has 1 atom stereocenters. The van der Waals surface area contributed by atoms with E-state index in [-0.39, 0.29) is 18.6 Å². The molecule has 0 bridgehead atoms. The van der Waals surface area contributed by atoms with E-state index in [4.69, 9.17) is 16.3 Å². The summed E-state index contributed by atoms with van der Waals surface area (Å²) in [4.78, 5) is 24.8. The lowest BCUT2D eigenvalue weighted by molar-refractivity contribution is -0.124. The first-order valence-corrected chi connectivity index (χ1v) is 9.75. The minimum Gasteiger partial charge on any atom is -0.452 e. The van der Waals surface area contributed by atoms with Crippen LogP contribution < -0.4 is 5.32 Å². The van der Waals surface area contributed by atoms with Crippen LogP contribution >= 0.6 is 11.6 Å². The topological polar surface area (TPSA) is 55.4 Å². The molecule has 148 valence electrons. The molecule has 0 aliphatic carbocycles. The Morgan fingerprint density at radius 1 is 0.931 bits per heavy atom. The summed E-state index contributed by atoms with van der Waals surface area (Å²) < 4.78 is 5.25. The van der Waals surface area contributed by atoms with E-state index in [1.165, 1.54) is 0 Å². The Hall–Kier alpha value is -3.11. The van der Waals surface area contributed by atoms with E-state index in [1.807, 2.05) is 67.6 Å². The number of nitrogens with one attached hydrogen (secondary N) is 1. The molecule has 0 radical (unpaired) electrons. The maximum atomic E-state index is 12.5. The summed E-state index contributed by atoms with van der Waals surface area (Å²) in [7, 11) is 0. The molecule has 0 aliphatic heterocycles. The van der Waals surface area contributed by atoms with Crippen LogP contribution in [0.15, 0.2) is 78.9 Å². The van der Waals surface area contributed by atoms with Crippen LogP contribution in [0.25, 0.3) is 0 Å². The van der Waals surface area contributed by atoms with Crippen LogP contribution in [0.5, 0.6) is 0 Å². The van der Waals surface area contributed by atoms with Crippen LogP contribution in [-0.4, -0.2) is 18.5 Å². The molecule has 0 unspecified atom stereocenters. The summed E-state index contributed by atoms with van der Waals surface area (Å²) in [6.45, 7) is 1.48. The molecule has 29 heavy (non-hydrogen) atoms. The Labute approximate surface area is 175 Å². The van der Waals surface area contributed by atoms with Crippen molar-refractivity contribution in [3.63, 3.8) is 0 Å². The normalized spacial score (nSPS) is 11.5. The van der Waals surface area contributed by atoms with Crippen LogP contribution in [0.1, 0.15) is 40.0 Å². The molecule has 0 saturated heterocycles. The van der Waals surface area contributed by atoms with Crippen molar-refractivity contribution in [2.24, 2.45) is 0 Å². The maximum absolute atomic E-state index is 12.5. The summed E-state index contributed by atoms with van der Waals surface area (Å²) >= 11 is 6.16. The standard InChI is InChI=1S/C24H22ClNO3/c1-17(20-12-7-8-14-22(20)25)26-23(27)16-29-24(28)21-13-6-5-11-19(21)15-18-9-3-2-4-10-18/h2-14,17H,15-16H2,1H3,(H,26,27)/t17-/m0/s1. The second kappa shape index (κ2) is 9.89. The van der Waals surface area contributed by atoms with Crippen LogP contribution in [0.2, 0.25) is 5.02 Å². The van der Waals surface area contributed by atoms with Crippen molar-refractivity contribution in [1.29, 1.82) is 0 Å². The van der Waals surface area contributed by atoms with Gasteiger partial charge in [-0.25, -0.2) is 4.79 Å². The molecular weight excluding hydrogens is 386 g/mol. The van der Waals surface area contributed by atoms with E-state index in [0.717, 1.165) is 16.7 Å². The fourth-order valence-corrected chi connectivity index (χ4v) is 3.38. The molecule has 0 aromatic heterocycles. The molecule has 0 heterocycles. The predicted molar refractivity (Wildman–Crippen MR) is 114 cm³/mol. The second-order valence-corrected chi connectivity index (χ2v) is 7.11. The SMILES string of the molecule is C[C@H](NC(=O)COC(=O)c1ccccc1Cc1ccccc1)c1ccccc1Cl. The first-order chi connectivity index (χ1) is 14.0. The molecule has 3 rings (SSSR count). The number of carbonyl (C=O) groups is 2. The van der Waals surface area contributed by atoms with Crippen molar-refractivity contribution in [2.45, 2.75) is 19.4 Å². The van der Waals surface area contributed by atoms with Gasteiger partial charge in [0.1, 0.15) is 0 Å². The van der Waals surface area contributed by atoms with E-state index in [1.54, 1.807) is 18.2 Å². The first kappa shape index (κ1) is 20.6. The van der Waals surface area contributed by atoms with Gasteiger partial charge in [-0.05, 0) is 42.2 Å². The lowest BCUT2D eigenvalue weighted by atomic mass is 10.00. The summed E-state index contributed by atoms with van der Waals surface area (Å²) in [6, 6.07) is 24.2. The van der Waals surface area contributed by atoms with Gasteiger partial charge in [-0.1, -0.05) is 78.3 Å². The van der Waals surface area contributed by atoms with Gasteiger partial charge >= 0.3 is 5.97 Å². The number of hydrogen-bond donors (Lipinski definition) is 1. The average molecular weight is 408 g/mol. The second-order valence-electron chi connectivity index (χ2n) is 6.71. The van der Waals surface area contributed by atoms with Crippen molar-refractivity contribution in [1.82, 2.24) is 5.32 Å². The number of esters is 1. The Balaban J connectivity index is 1.59. The van der Waals surface area contributed by atoms with E-state index in [2.05, 4.69) is 5.32 Å². The molecule has 3 aromatic rings. The van der Waals surface area contributed by atoms with Gasteiger partial charge in [0.05, 0.1) is 11.6 Å². The van der Waals surface area contributed by atoms with Gasteiger partial charge in [0.2, 0.25) is 0 Å². The lowest BCUT2D eigenvalue weighted by Crippen LogP contribution is -2.31. The number of benzene rings is 3. The highest BCUT2D eigenvalue weighted by atomic mass is 35.5. The molecule has 0 spiro atoms. The van der Waals surface area contributed by atoms with Gasteiger partial charge in [-0.2, -0.15) is 0 Å². The Bertz CT molecular complexity index is 988. The minimum atomic E-state index is -0.517. The minimum absolute atomic E-state index is 0.291. The lowest BCUT2D eigenvalue weighted by Gasteiger charge is -2.16. The molecule has 3 aromatic carbocycles. The molecule has 0 aliphatic rings. The Morgan fingerprint density at radius 3 is 2.34 bits per heavy atom. The van der Waals surface area contributed by atoms with Gasteiger partial charge in [0.25, 0.3) is 5.91 Å². The molecule has 0 fully saturated rings. The van der Waals surface area contributed by atoms with Crippen molar-refractivity contribution in [3.8, 4) is 0 Å². The highest BCUT2D eigenvalue weighted by molar-refractivity contribution is 6.31. The monoisotopic (exact) mass is 407 g/mol. The summed E-state index contributed by atoms with van der Waals surface area (Å²) in [5, 5.41) is 3.37. The van der Waals surface area contributed by atoms with Gasteiger partial charge in [0.15, 0.2) is 6.61 Å². The smallest absolute Gasteiger partial charge is 0.338 e. The van der Waals surface area contributed by atoms with Gasteiger partial charge < -0.3 is 10.1 Å². The van der Waals surface area contributed by atoms with Crippen LogP contribution in [-0.2, 0) is 16.0 Å². The van der Waals surface area contributed by atoms with Gasteiger partial charge in [-0.15, -0.1) is 0 Å². The van der Waals surface area contributed by atoms with Crippen molar-refractivity contribution in [3.05, 3.63) is 106 Å². The van der Waals surface area contributed by atoms with Crippen molar-refractivity contribution >= 4 is 23.5 Å². The van der Waals surface area contributed by atoms with Crippen LogP contribution in [0, 0.1) is 0 Å². The zero-order chi connectivity index (χ0) is 20.6. The van der Waals surface area contributed by atoms with Crippen LogP contribution in [0.3, 0.4) is 0 Å². The maximum Gasteiger partial charge on any atom is 0.338 e. The molecule has 1 N–H and O–H groups in total. The Morgan fingerprint density at radius 2 is 1.59 bits per heavy atom. The predicted octanol–water partition coefficient (Wildman–Crippen LogP) is 4.97. The van der Waals surface area contributed by atoms with Crippen molar-refractivity contribution < 1.29 is 14.3 Å². The third kappa shape index (κ3) is 5.69. The van der Waals surface area contributed by atoms with E-state index in [0.29, 0.717) is 17.0 Å². The number of halogens is 1. The number of ether oxygens (including phenoxy) is 1. The largest absolute Gasteiger partial charge is 0.452 e.